The molecule has 51 heavy (non-hydrogen) atoms. The SMILES string of the molecule is CCC/C(=C\c1cc(Br)ccc1O)CC[C@@H](O)C1=C(COc2ccccc2)C[C@H]2C(=O)N(C3CCN(Cc4ccccc4)CC3)C(=O)[C@H]2[C@H]1CO. The lowest BCUT2D eigenvalue weighted by Gasteiger charge is -2.37. The lowest BCUT2D eigenvalue weighted by molar-refractivity contribution is -0.144. The third kappa shape index (κ3) is 8.66. The van der Waals surface area contributed by atoms with Gasteiger partial charge in [-0.2, -0.15) is 0 Å². The second kappa shape index (κ2) is 17.2. The van der Waals surface area contributed by atoms with Gasteiger partial charge in [-0.05, 0) is 85.6 Å². The van der Waals surface area contributed by atoms with E-state index in [4.69, 9.17) is 4.74 Å². The molecule has 8 nitrogen and oxygen atoms in total. The van der Waals surface area contributed by atoms with E-state index < -0.39 is 23.9 Å². The highest BCUT2D eigenvalue weighted by Crippen LogP contribution is 2.47. The van der Waals surface area contributed by atoms with Crippen molar-refractivity contribution in [3.8, 4) is 11.5 Å². The quantitative estimate of drug-likeness (QED) is 0.119. The van der Waals surface area contributed by atoms with Crippen LogP contribution in [0.15, 0.2) is 100 Å². The fraction of sp³-hybridized carbons (Fsp3) is 0.429. The number of hydrogen-bond acceptors (Lipinski definition) is 7. The number of fused-ring (bicyclic) bond motifs is 1. The number of imide groups is 1. The van der Waals surface area contributed by atoms with Crippen LogP contribution < -0.4 is 4.74 Å². The van der Waals surface area contributed by atoms with Gasteiger partial charge in [0.25, 0.3) is 0 Å². The van der Waals surface area contributed by atoms with Gasteiger partial charge in [0, 0.05) is 41.6 Å². The molecule has 0 radical (unpaired) electrons. The van der Waals surface area contributed by atoms with Crippen LogP contribution in [0.25, 0.3) is 6.08 Å². The highest BCUT2D eigenvalue weighted by Gasteiger charge is 2.56. The lowest BCUT2D eigenvalue weighted by atomic mass is 9.68. The van der Waals surface area contributed by atoms with Gasteiger partial charge >= 0.3 is 0 Å². The second-order valence-corrected chi connectivity index (χ2v) is 15.1. The number of likely N-dealkylation sites (tertiary alicyclic amines) is 2. The van der Waals surface area contributed by atoms with Crippen LogP contribution in [0.3, 0.4) is 0 Å². The number of nitrogens with zero attached hydrogens (tertiary/aromatic N) is 2. The van der Waals surface area contributed by atoms with E-state index in [1.54, 1.807) is 12.1 Å². The Hall–Kier alpha value is -3.76. The summed E-state index contributed by atoms with van der Waals surface area (Å²) in [7, 11) is 0. The molecule has 2 fully saturated rings. The van der Waals surface area contributed by atoms with E-state index >= 15 is 0 Å². The number of carbonyl (C=O) groups is 2. The zero-order valence-corrected chi connectivity index (χ0v) is 30.9. The van der Waals surface area contributed by atoms with Crippen molar-refractivity contribution in [3.05, 3.63) is 111 Å². The minimum atomic E-state index is -0.952. The molecule has 2 amide bonds. The van der Waals surface area contributed by atoms with Crippen LogP contribution >= 0.6 is 15.9 Å². The Morgan fingerprint density at radius 2 is 1.69 bits per heavy atom. The first-order valence-electron chi connectivity index (χ1n) is 18.3. The fourth-order valence-electron chi connectivity index (χ4n) is 8.27. The average Bonchev–Trinajstić information content (AvgIpc) is 3.40. The van der Waals surface area contributed by atoms with Gasteiger partial charge < -0.3 is 20.1 Å². The van der Waals surface area contributed by atoms with E-state index in [-0.39, 0.29) is 36.8 Å². The van der Waals surface area contributed by atoms with Crippen molar-refractivity contribution in [2.75, 3.05) is 26.3 Å². The van der Waals surface area contributed by atoms with Crippen molar-refractivity contribution in [2.24, 2.45) is 17.8 Å². The molecular formula is C42H49BrN2O6. The van der Waals surface area contributed by atoms with Crippen molar-refractivity contribution >= 4 is 33.8 Å². The second-order valence-electron chi connectivity index (χ2n) is 14.1. The average molecular weight is 758 g/mol. The van der Waals surface area contributed by atoms with Crippen LogP contribution in [-0.2, 0) is 16.1 Å². The molecule has 9 heteroatoms. The summed E-state index contributed by atoms with van der Waals surface area (Å²) in [4.78, 5) is 32.3. The number of ether oxygens (including phenoxy) is 1. The highest BCUT2D eigenvalue weighted by molar-refractivity contribution is 9.10. The predicted octanol–water partition coefficient (Wildman–Crippen LogP) is 7.13. The Labute approximate surface area is 309 Å². The number of phenols is 1. The lowest BCUT2D eigenvalue weighted by Crippen LogP contribution is -2.47. The standard InChI is InChI=1S/C42H49BrN2O6/c1-2-9-28(22-30-23-32(43)15-17-37(30)47)14-16-38(48)39-31(27-51-34-12-7-4-8-13-34)24-35-40(36(39)26-46)42(50)45(41(35)49)33-18-20-44(21-19-33)25-29-10-5-3-6-11-29/h3-8,10-13,15,17,22-23,33,35-36,38,40,46-48H,2,9,14,16,18-21,24-27H2,1H3/b28-22+/t35-,36+,38-,40-/m1/s1. The maximum Gasteiger partial charge on any atom is 0.234 e. The first-order valence-corrected chi connectivity index (χ1v) is 19.1. The summed E-state index contributed by atoms with van der Waals surface area (Å²) in [6.45, 7) is 4.31. The summed E-state index contributed by atoms with van der Waals surface area (Å²) < 4.78 is 7.05. The smallest absolute Gasteiger partial charge is 0.234 e. The van der Waals surface area contributed by atoms with Gasteiger partial charge in [0.2, 0.25) is 11.8 Å². The molecular weight excluding hydrogens is 708 g/mol. The molecule has 3 aliphatic rings. The molecule has 1 aliphatic carbocycles. The van der Waals surface area contributed by atoms with E-state index in [1.807, 2.05) is 60.7 Å². The minimum Gasteiger partial charge on any atom is -0.507 e. The number of benzene rings is 3. The van der Waals surface area contributed by atoms with Crippen molar-refractivity contribution in [3.63, 3.8) is 0 Å². The Kier molecular flexibility index (Phi) is 12.5. The van der Waals surface area contributed by atoms with Gasteiger partial charge in [0.15, 0.2) is 0 Å². The summed E-state index contributed by atoms with van der Waals surface area (Å²) in [6, 6.07) is 24.9. The number of piperidine rings is 1. The van der Waals surface area contributed by atoms with Crippen LogP contribution in [0, 0.1) is 17.8 Å². The first-order chi connectivity index (χ1) is 24.8. The molecule has 2 saturated heterocycles. The summed E-state index contributed by atoms with van der Waals surface area (Å²) in [6.07, 6.45) is 5.37. The van der Waals surface area contributed by atoms with Crippen molar-refractivity contribution in [2.45, 2.75) is 70.6 Å². The Bertz CT molecular complexity index is 1720. The minimum absolute atomic E-state index is 0.152. The number of amides is 2. The number of aliphatic hydroxyl groups excluding tert-OH is 2. The number of halogens is 1. The molecule has 4 atom stereocenters. The number of rotatable bonds is 14. The van der Waals surface area contributed by atoms with Gasteiger partial charge in [-0.15, -0.1) is 0 Å². The van der Waals surface area contributed by atoms with Crippen LogP contribution in [0.2, 0.25) is 0 Å². The molecule has 3 aromatic carbocycles. The highest BCUT2D eigenvalue weighted by atomic mass is 79.9. The van der Waals surface area contributed by atoms with E-state index in [0.717, 1.165) is 48.1 Å². The van der Waals surface area contributed by atoms with Gasteiger partial charge in [0.1, 0.15) is 18.1 Å². The van der Waals surface area contributed by atoms with E-state index in [2.05, 4.69) is 39.9 Å². The van der Waals surface area contributed by atoms with Crippen molar-refractivity contribution in [1.29, 1.82) is 0 Å². The van der Waals surface area contributed by atoms with Crippen LogP contribution in [0.4, 0.5) is 0 Å². The molecule has 270 valence electrons. The Morgan fingerprint density at radius 3 is 2.37 bits per heavy atom. The predicted molar refractivity (Wildman–Crippen MR) is 202 cm³/mol. The topological polar surface area (TPSA) is 111 Å². The number of aromatic hydroxyl groups is 1. The number of hydrogen-bond donors (Lipinski definition) is 3. The molecule has 0 spiro atoms. The molecule has 2 heterocycles. The largest absolute Gasteiger partial charge is 0.507 e. The third-order valence-electron chi connectivity index (χ3n) is 10.8. The van der Waals surface area contributed by atoms with Crippen molar-refractivity contribution in [1.82, 2.24) is 9.80 Å². The normalized spacial score (nSPS) is 22.4. The van der Waals surface area contributed by atoms with Crippen molar-refractivity contribution < 1.29 is 29.6 Å². The summed E-state index contributed by atoms with van der Waals surface area (Å²) >= 11 is 3.49. The summed E-state index contributed by atoms with van der Waals surface area (Å²) in [5.41, 5.74) is 4.42. The molecule has 2 aliphatic heterocycles. The number of phenolic OH excluding ortho intramolecular Hbond substituents is 1. The molecule has 6 rings (SSSR count). The Balaban J connectivity index is 1.22. The number of para-hydroxylation sites is 1. The number of allylic oxidation sites excluding steroid dienone is 1. The molecule has 0 saturated carbocycles. The van der Waals surface area contributed by atoms with E-state index in [0.29, 0.717) is 49.0 Å². The maximum atomic E-state index is 14.3. The van der Waals surface area contributed by atoms with Gasteiger partial charge in [-0.3, -0.25) is 19.4 Å². The van der Waals surface area contributed by atoms with Gasteiger partial charge in [-0.1, -0.05) is 89.5 Å². The number of aliphatic hydroxyl groups is 2. The maximum absolute atomic E-state index is 14.3. The third-order valence-corrected chi connectivity index (χ3v) is 11.3. The van der Waals surface area contributed by atoms with Crippen LogP contribution in [-0.4, -0.2) is 75.4 Å². The summed E-state index contributed by atoms with van der Waals surface area (Å²) in [5, 5.41) is 33.3. The van der Waals surface area contributed by atoms with Crippen LogP contribution in [0.1, 0.15) is 63.0 Å². The zero-order valence-electron chi connectivity index (χ0n) is 29.3. The molecule has 0 aromatic heterocycles. The molecule has 3 N–H and O–H groups in total. The van der Waals surface area contributed by atoms with Gasteiger partial charge in [-0.25, -0.2) is 0 Å². The monoisotopic (exact) mass is 756 g/mol. The number of carbonyl (C=O) groups excluding carboxylic acids is 2. The van der Waals surface area contributed by atoms with E-state index in [1.165, 1.54) is 10.5 Å². The van der Waals surface area contributed by atoms with Gasteiger partial charge in [0.05, 0.1) is 24.5 Å². The zero-order chi connectivity index (χ0) is 35.9. The first kappa shape index (κ1) is 37.0. The van der Waals surface area contributed by atoms with E-state index in [9.17, 15) is 24.9 Å². The summed E-state index contributed by atoms with van der Waals surface area (Å²) in [5.74, 6) is -1.56. The van der Waals surface area contributed by atoms with Crippen LogP contribution in [0.5, 0.6) is 11.5 Å². The molecule has 0 unspecified atom stereocenters. The fourth-order valence-corrected chi connectivity index (χ4v) is 8.65. The Morgan fingerprint density at radius 1 is 0.980 bits per heavy atom. The molecule has 0 bridgehead atoms. The molecule has 3 aromatic rings.